The number of anilines is 2. The quantitative estimate of drug-likeness (QED) is 0.725. The predicted octanol–water partition coefficient (Wildman–Crippen LogP) is 1.97. The molecule has 3 N–H and O–H groups in total. The van der Waals surface area contributed by atoms with Gasteiger partial charge in [-0.1, -0.05) is 13.0 Å². The number of rotatable bonds is 6. The molecule has 0 aliphatic heterocycles. The first-order valence-corrected chi connectivity index (χ1v) is 5.34. The molecule has 4 heteroatoms. The van der Waals surface area contributed by atoms with Crippen molar-refractivity contribution in [3.8, 4) is 5.75 Å². The van der Waals surface area contributed by atoms with Crippen molar-refractivity contribution in [3.05, 3.63) is 18.2 Å². The van der Waals surface area contributed by atoms with Gasteiger partial charge in [-0.25, -0.2) is 0 Å². The number of hydrogen-bond donors (Lipinski definition) is 2. The first-order valence-electron chi connectivity index (χ1n) is 5.34. The van der Waals surface area contributed by atoms with Gasteiger partial charge in [-0.2, -0.15) is 0 Å². The number of para-hydroxylation sites is 1. The Morgan fingerprint density at radius 2 is 2.12 bits per heavy atom. The van der Waals surface area contributed by atoms with Crippen molar-refractivity contribution in [3.63, 3.8) is 0 Å². The summed E-state index contributed by atoms with van der Waals surface area (Å²) in [7, 11) is 3.32. The monoisotopic (exact) mass is 224 g/mol. The molecular formula is C12H20N2O2. The molecule has 0 spiro atoms. The van der Waals surface area contributed by atoms with Gasteiger partial charge >= 0.3 is 0 Å². The molecule has 0 bridgehead atoms. The fourth-order valence-electron chi connectivity index (χ4n) is 1.50. The minimum Gasteiger partial charge on any atom is -0.495 e. The van der Waals surface area contributed by atoms with E-state index in [1.54, 1.807) is 14.2 Å². The van der Waals surface area contributed by atoms with Crippen LogP contribution in [0.3, 0.4) is 0 Å². The fourth-order valence-corrected chi connectivity index (χ4v) is 1.50. The van der Waals surface area contributed by atoms with E-state index in [0.717, 1.165) is 18.8 Å². The molecule has 0 saturated carbocycles. The van der Waals surface area contributed by atoms with Gasteiger partial charge in [0, 0.05) is 13.7 Å². The summed E-state index contributed by atoms with van der Waals surface area (Å²) in [4.78, 5) is 0. The maximum absolute atomic E-state index is 5.94. The summed E-state index contributed by atoms with van der Waals surface area (Å²) in [5.41, 5.74) is 7.49. The molecule has 0 radical (unpaired) electrons. The molecule has 16 heavy (non-hydrogen) atoms. The van der Waals surface area contributed by atoms with Gasteiger partial charge in [-0.05, 0) is 18.1 Å². The average molecular weight is 224 g/mol. The summed E-state index contributed by atoms with van der Waals surface area (Å²) < 4.78 is 10.2. The Morgan fingerprint density at radius 1 is 1.38 bits per heavy atom. The molecule has 0 amide bonds. The summed E-state index contributed by atoms with van der Waals surface area (Å²) >= 11 is 0. The summed E-state index contributed by atoms with van der Waals surface area (Å²) in [6.45, 7) is 3.68. The largest absolute Gasteiger partial charge is 0.495 e. The average Bonchev–Trinajstić information content (AvgIpc) is 2.28. The summed E-state index contributed by atoms with van der Waals surface area (Å²) in [5, 5.41) is 3.29. The van der Waals surface area contributed by atoms with Crippen molar-refractivity contribution in [2.24, 2.45) is 5.92 Å². The van der Waals surface area contributed by atoms with Gasteiger partial charge in [0.2, 0.25) is 0 Å². The van der Waals surface area contributed by atoms with Crippen LogP contribution in [-0.4, -0.2) is 27.4 Å². The van der Waals surface area contributed by atoms with Crippen molar-refractivity contribution in [2.45, 2.75) is 6.92 Å². The number of benzene rings is 1. The Balaban J connectivity index is 2.60. The lowest BCUT2D eigenvalue weighted by Gasteiger charge is -2.15. The molecule has 0 aliphatic rings. The molecular weight excluding hydrogens is 204 g/mol. The van der Waals surface area contributed by atoms with Crippen LogP contribution in [0.5, 0.6) is 5.75 Å². The third-order valence-electron chi connectivity index (χ3n) is 2.38. The van der Waals surface area contributed by atoms with Crippen LogP contribution >= 0.6 is 0 Å². The van der Waals surface area contributed by atoms with E-state index in [0.29, 0.717) is 17.4 Å². The second-order valence-corrected chi connectivity index (χ2v) is 3.86. The lowest BCUT2D eigenvalue weighted by atomic mass is 10.2. The smallest absolute Gasteiger partial charge is 0.143 e. The molecule has 4 nitrogen and oxygen atoms in total. The van der Waals surface area contributed by atoms with Crippen molar-refractivity contribution < 1.29 is 9.47 Å². The van der Waals surface area contributed by atoms with Crippen molar-refractivity contribution in [1.29, 1.82) is 0 Å². The number of ether oxygens (including phenoxy) is 2. The molecule has 0 aromatic heterocycles. The van der Waals surface area contributed by atoms with E-state index < -0.39 is 0 Å². The van der Waals surface area contributed by atoms with Gasteiger partial charge < -0.3 is 20.5 Å². The van der Waals surface area contributed by atoms with E-state index in [2.05, 4.69) is 12.2 Å². The summed E-state index contributed by atoms with van der Waals surface area (Å²) in [6.07, 6.45) is 0. The van der Waals surface area contributed by atoms with Gasteiger partial charge in [0.05, 0.1) is 25.1 Å². The fraction of sp³-hybridized carbons (Fsp3) is 0.500. The van der Waals surface area contributed by atoms with Crippen LogP contribution < -0.4 is 15.8 Å². The number of methoxy groups -OCH3 is 2. The van der Waals surface area contributed by atoms with E-state index >= 15 is 0 Å². The first-order chi connectivity index (χ1) is 7.69. The van der Waals surface area contributed by atoms with Gasteiger partial charge in [0.1, 0.15) is 5.75 Å². The highest BCUT2D eigenvalue weighted by atomic mass is 16.5. The van der Waals surface area contributed by atoms with Crippen molar-refractivity contribution >= 4 is 11.4 Å². The Hall–Kier alpha value is -1.42. The predicted molar refractivity (Wildman–Crippen MR) is 66.9 cm³/mol. The lowest BCUT2D eigenvalue weighted by Crippen LogP contribution is -2.16. The molecule has 0 fully saturated rings. The molecule has 0 heterocycles. The van der Waals surface area contributed by atoms with Crippen molar-refractivity contribution in [2.75, 3.05) is 38.4 Å². The van der Waals surface area contributed by atoms with Gasteiger partial charge in [0.25, 0.3) is 0 Å². The van der Waals surface area contributed by atoms with Gasteiger partial charge in [-0.3, -0.25) is 0 Å². The standard InChI is InChI=1S/C12H20N2O2/c1-9(8-15-2)7-14-10-5-4-6-11(16-3)12(10)13/h4-6,9,14H,7-8,13H2,1-3H3. The first kappa shape index (κ1) is 12.6. The molecule has 1 rings (SSSR count). The molecule has 1 aromatic carbocycles. The second-order valence-electron chi connectivity index (χ2n) is 3.86. The van der Waals surface area contributed by atoms with Crippen LogP contribution in [-0.2, 0) is 4.74 Å². The van der Waals surface area contributed by atoms with Crippen LogP contribution in [0.2, 0.25) is 0 Å². The van der Waals surface area contributed by atoms with E-state index in [-0.39, 0.29) is 0 Å². The van der Waals surface area contributed by atoms with E-state index in [1.165, 1.54) is 0 Å². The Labute approximate surface area is 96.7 Å². The third kappa shape index (κ3) is 3.31. The third-order valence-corrected chi connectivity index (χ3v) is 2.38. The zero-order chi connectivity index (χ0) is 12.0. The van der Waals surface area contributed by atoms with Gasteiger partial charge in [-0.15, -0.1) is 0 Å². The van der Waals surface area contributed by atoms with Crippen LogP contribution in [0.4, 0.5) is 11.4 Å². The zero-order valence-electron chi connectivity index (χ0n) is 10.1. The Bertz CT molecular complexity index is 329. The minimum atomic E-state index is 0.440. The highest BCUT2D eigenvalue weighted by molar-refractivity contribution is 5.72. The molecule has 1 unspecified atom stereocenters. The highest BCUT2D eigenvalue weighted by Crippen LogP contribution is 2.28. The molecule has 1 aromatic rings. The highest BCUT2D eigenvalue weighted by Gasteiger charge is 2.06. The summed E-state index contributed by atoms with van der Waals surface area (Å²) in [5.74, 6) is 1.14. The zero-order valence-corrected chi connectivity index (χ0v) is 10.1. The minimum absolute atomic E-state index is 0.440. The number of nitrogens with two attached hydrogens (primary N) is 1. The van der Waals surface area contributed by atoms with Crippen LogP contribution in [0.1, 0.15) is 6.92 Å². The maximum Gasteiger partial charge on any atom is 0.143 e. The van der Waals surface area contributed by atoms with E-state index in [9.17, 15) is 0 Å². The Kier molecular flexibility index (Phi) is 4.92. The topological polar surface area (TPSA) is 56.5 Å². The van der Waals surface area contributed by atoms with E-state index in [1.807, 2.05) is 18.2 Å². The number of nitrogens with one attached hydrogen (secondary N) is 1. The number of nitrogen functional groups attached to an aromatic ring is 1. The van der Waals surface area contributed by atoms with Crippen LogP contribution in [0.15, 0.2) is 18.2 Å². The number of hydrogen-bond acceptors (Lipinski definition) is 4. The SMILES string of the molecule is COCC(C)CNc1cccc(OC)c1N. The second kappa shape index (κ2) is 6.23. The van der Waals surface area contributed by atoms with Gasteiger partial charge in [0.15, 0.2) is 0 Å². The summed E-state index contributed by atoms with van der Waals surface area (Å²) in [6, 6.07) is 5.70. The lowest BCUT2D eigenvalue weighted by molar-refractivity contribution is 0.164. The Morgan fingerprint density at radius 3 is 2.75 bits per heavy atom. The molecule has 90 valence electrons. The van der Waals surface area contributed by atoms with E-state index in [4.69, 9.17) is 15.2 Å². The van der Waals surface area contributed by atoms with Crippen molar-refractivity contribution in [1.82, 2.24) is 0 Å². The van der Waals surface area contributed by atoms with Crippen LogP contribution in [0.25, 0.3) is 0 Å². The molecule has 0 saturated heterocycles. The normalized spacial score (nSPS) is 12.2. The maximum atomic E-state index is 5.94. The molecule has 0 aliphatic carbocycles. The molecule has 1 atom stereocenters. The van der Waals surface area contributed by atoms with Crippen LogP contribution in [0, 0.1) is 5.92 Å².